The molecule has 19 heteroatoms. The molecule has 5 atom stereocenters. The van der Waals surface area contributed by atoms with Crippen molar-refractivity contribution in [2.24, 2.45) is 0 Å². The predicted molar refractivity (Wildman–Crippen MR) is 285 cm³/mol. The fraction of sp³-hybridized carbons (Fsp3) is 0.926. The molecule has 0 aromatic heterocycles. The Morgan fingerprint density at radius 2 is 0.548 bits per heavy atom. The topological polar surface area (TPSA) is 237 Å². The minimum Gasteiger partial charge on any atom is -0.462 e. The van der Waals surface area contributed by atoms with E-state index < -0.39 is 97.5 Å². The standard InChI is InChI=1S/C54H104O17P2/c1-5-9-13-17-21-25-29-33-37-41-54(59)71-50(45-65-52(57)39-35-31-27-23-19-15-11-7-3)47-69-73(62,63)67-43-48(55)42-66-72(60,61)68-46-49(70-53(58)40-36-32-28-24-20-16-12-8-4)44-64-51(56)38-34-30-26-22-18-14-10-6-2/h48-50,55H,5-47H2,1-4H3,(H,60,61)(H,62,63)/t48-,49+,50+/m0/s1. The molecule has 3 N–H and O–H groups in total. The van der Waals surface area contributed by atoms with Crippen LogP contribution in [0.3, 0.4) is 0 Å². The van der Waals surface area contributed by atoms with Crippen molar-refractivity contribution in [3.8, 4) is 0 Å². The quantitative estimate of drug-likeness (QED) is 0.0222. The van der Waals surface area contributed by atoms with Gasteiger partial charge in [0.15, 0.2) is 12.2 Å². The van der Waals surface area contributed by atoms with E-state index in [1.807, 2.05) is 0 Å². The number of aliphatic hydroxyl groups excluding tert-OH is 1. The Bertz CT molecular complexity index is 1440. The Morgan fingerprint density at radius 3 is 0.808 bits per heavy atom. The highest BCUT2D eigenvalue weighted by atomic mass is 31.2. The van der Waals surface area contributed by atoms with E-state index in [1.54, 1.807) is 0 Å². The zero-order valence-corrected chi connectivity index (χ0v) is 47.9. The number of hydrogen-bond acceptors (Lipinski definition) is 15. The number of rotatable bonds is 55. The Balaban J connectivity index is 5.20. The lowest BCUT2D eigenvalue weighted by Crippen LogP contribution is -2.30. The van der Waals surface area contributed by atoms with Crippen LogP contribution in [0.25, 0.3) is 0 Å². The molecule has 0 saturated carbocycles. The van der Waals surface area contributed by atoms with Crippen LogP contribution in [0, 0.1) is 0 Å². The van der Waals surface area contributed by atoms with E-state index in [1.165, 1.54) is 77.0 Å². The second kappa shape index (κ2) is 49.6. The van der Waals surface area contributed by atoms with Crippen LogP contribution in [0.4, 0.5) is 0 Å². The van der Waals surface area contributed by atoms with Gasteiger partial charge in [-0.1, -0.05) is 214 Å². The summed E-state index contributed by atoms with van der Waals surface area (Å²) in [6.45, 7) is 4.72. The maximum atomic E-state index is 12.8. The van der Waals surface area contributed by atoms with Crippen LogP contribution in [0.1, 0.15) is 265 Å². The van der Waals surface area contributed by atoms with Gasteiger partial charge in [0.25, 0.3) is 0 Å². The maximum absolute atomic E-state index is 12.8. The van der Waals surface area contributed by atoms with Crippen molar-refractivity contribution in [3.05, 3.63) is 0 Å². The van der Waals surface area contributed by atoms with E-state index in [0.717, 1.165) is 109 Å². The molecule has 0 bridgehead atoms. The van der Waals surface area contributed by atoms with Gasteiger partial charge in [-0.3, -0.25) is 37.3 Å². The van der Waals surface area contributed by atoms with E-state index in [4.69, 9.17) is 37.0 Å². The highest BCUT2D eigenvalue weighted by Gasteiger charge is 2.30. The Kier molecular flexibility index (Phi) is 48.3. The molecule has 2 unspecified atom stereocenters. The third kappa shape index (κ3) is 49.4. The molecule has 0 aromatic carbocycles. The van der Waals surface area contributed by atoms with Crippen molar-refractivity contribution in [1.29, 1.82) is 0 Å². The number of esters is 4. The lowest BCUT2D eigenvalue weighted by atomic mass is 10.1. The zero-order valence-electron chi connectivity index (χ0n) is 46.1. The molecule has 0 aliphatic carbocycles. The Morgan fingerprint density at radius 1 is 0.329 bits per heavy atom. The van der Waals surface area contributed by atoms with Gasteiger partial charge in [-0.05, 0) is 25.7 Å². The molecule has 73 heavy (non-hydrogen) atoms. The van der Waals surface area contributed by atoms with Gasteiger partial charge in [-0.2, -0.15) is 0 Å². The second-order valence-electron chi connectivity index (χ2n) is 19.6. The third-order valence-corrected chi connectivity index (χ3v) is 14.3. The first-order valence-electron chi connectivity index (χ1n) is 28.8. The van der Waals surface area contributed by atoms with Gasteiger partial charge >= 0.3 is 39.5 Å². The minimum atomic E-state index is -4.93. The van der Waals surface area contributed by atoms with E-state index in [9.17, 15) is 43.2 Å². The summed E-state index contributed by atoms with van der Waals surface area (Å²) >= 11 is 0. The van der Waals surface area contributed by atoms with Crippen molar-refractivity contribution in [3.63, 3.8) is 0 Å². The Labute approximate surface area is 441 Å². The van der Waals surface area contributed by atoms with Crippen LogP contribution in [0.15, 0.2) is 0 Å². The van der Waals surface area contributed by atoms with Crippen molar-refractivity contribution < 1.29 is 80.2 Å². The molecule has 0 spiro atoms. The molecule has 432 valence electrons. The van der Waals surface area contributed by atoms with Crippen LogP contribution < -0.4 is 0 Å². The molecule has 0 rings (SSSR count). The molecular formula is C54H104O17P2. The molecule has 0 aliphatic rings. The normalized spacial score (nSPS) is 14.5. The SMILES string of the molecule is CCCCCCCCCCCC(=O)O[C@H](COC(=O)CCCCCCCCCC)COP(=O)(O)OC[C@@H](O)COP(=O)(O)OC[C@@H](COC(=O)CCCCCCCCCC)OC(=O)CCCCCCCCCC. The number of carbonyl (C=O) groups is 4. The van der Waals surface area contributed by atoms with Crippen LogP contribution in [0.5, 0.6) is 0 Å². The van der Waals surface area contributed by atoms with Gasteiger partial charge in [0.05, 0.1) is 26.4 Å². The van der Waals surface area contributed by atoms with Gasteiger partial charge in [0.2, 0.25) is 0 Å². The molecule has 0 fully saturated rings. The van der Waals surface area contributed by atoms with Gasteiger partial charge in [0.1, 0.15) is 19.3 Å². The van der Waals surface area contributed by atoms with Crippen LogP contribution in [0.2, 0.25) is 0 Å². The number of hydrogen-bond donors (Lipinski definition) is 3. The third-order valence-electron chi connectivity index (χ3n) is 12.4. The number of carbonyl (C=O) groups excluding carboxylic acids is 4. The first-order chi connectivity index (χ1) is 35.2. The van der Waals surface area contributed by atoms with Crippen molar-refractivity contribution in [1.82, 2.24) is 0 Å². The summed E-state index contributed by atoms with van der Waals surface area (Å²) < 4.78 is 67.3. The fourth-order valence-corrected chi connectivity index (χ4v) is 9.44. The van der Waals surface area contributed by atoms with Crippen LogP contribution >= 0.6 is 15.6 Å². The zero-order chi connectivity index (χ0) is 54.1. The predicted octanol–water partition coefficient (Wildman–Crippen LogP) is 14.0. The molecule has 0 radical (unpaired) electrons. The largest absolute Gasteiger partial charge is 0.472 e. The van der Waals surface area contributed by atoms with E-state index in [2.05, 4.69) is 27.7 Å². The maximum Gasteiger partial charge on any atom is 0.472 e. The van der Waals surface area contributed by atoms with Gasteiger partial charge in [-0.25, -0.2) is 9.13 Å². The highest BCUT2D eigenvalue weighted by Crippen LogP contribution is 2.45. The fourth-order valence-electron chi connectivity index (χ4n) is 7.87. The van der Waals surface area contributed by atoms with Crippen molar-refractivity contribution in [2.45, 2.75) is 284 Å². The molecule has 0 saturated heterocycles. The number of phosphoric acid groups is 2. The molecular weight excluding hydrogens is 983 g/mol. The molecule has 17 nitrogen and oxygen atoms in total. The summed E-state index contributed by atoms with van der Waals surface area (Å²) in [5.74, 6) is -2.16. The smallest absolute Gasteiger partial charge is 0.462 e. The molecule has 0 aromatic rings. The monoisotopic (exact) mass is 1090 g/mol. The summed E-state index contributed by atoms with van der Waals surface area (Å²) in [6, 6.07) is 0. The summed E-state index contributed by atoms with van der Waals surface area (Å²) in [5.41, 5.74) is 0. The van der Waals surface area contributed by atoms with Crippen LogP contribution in [-0.4, -0.2) is 96.7 Å². The highest BCUT2D eigenvalue weighted by molar-refractivity contribution is 7.47. The molecule has 0 amide bonds. The van der Waals surface area contributed by atoms with E-state index >= 15 is 0 Å². The van der Waals surface area contributed by atoms with Crippen LogP contribution in [-0.2, 0) is 65.4 Å². The average Bonchev–Trinajstić information content (AvgIpc) is 3.36. The summed E-state index contributed by atoms with van der Waals surface area (Å²) in [5, 5.41) is 10.4. The van der Waals surface area contributed by atoms with Gasteiger partial charge in [0, 0.05) is 25.7 Å². The number of ether oxygens (including phenoxy) is 4. The first-order valence-corrected chi connectivity index (χ1v) is 31.8. The average molecular weight is 1090 g/mol. The number of unbranched alkanes of at least 4 members (excludes halogenated alkanes) is 29. The van der Waals surface area contributed by atoms with E-state index in [0.29, 0.717) is 25.7 Å². The molecule has 0 aliphatic heterocycles. The lowest BCUT2D eigenvalue weighted by molar-refractivity contribution is -0.161. The Hall–Kier alpha value is -1.94. The summed E-state index contributed by atoms with van der Waals surface area (Å²) in [7, 11) is -9.85. The lowest BCUT2D eigenvalue weighted by Gasteiger charge is -2.21. The number of phosphoric ester groups is 2. The summed E-state index contributed by atoms with van der Waals surface area (Å²) in [4.78, 5) is 71.4. The van der Waals surface area contributed by atoms with Crippen molar-refractivity contribution in [2.75, 3.05) is 39.6 Å². The first kappa shape index (κ1) is 71.1. The summed E-state index contributed by atoms with van der Waals surface area (Å²) in [6.07, 6.45) is 30.9. The minimum absolute atomic E-state index is 0.105. The second-order valence-corrected chi connectivity index (χ2v) is 22.5. The van der Waals surface area contributed by atoms with E-state index in [-0.39, 0.29) is 25.7 Å². The number of aliphatic hydroxyl groups is 1. The van der Waals surface area contributed by atoms with Gasteiger partial charge < -0.3 is 33.8 Å². The van der Waals surface area contributed by atoms with Crippen molar-refractivity contribution >= 4 is 39.5 Å². The van der Waals surface area contributed by atoms with Gasteiger partial charge in [-0.15, -0.1) is 0 Å². The molecule has 0 heterocycles.